The van der Waals surface area contributed by atoms with Crippen molar-refractivity contribution >= 4 is 48.8 Å². The predicted octanol–water partition coefficient (Wildman–Crippen LogP) is 18.8. The summed E-state index contributed by atoms with van der Waals surface area (Å²) in [5.41, 5.74) is 19.4. The Bertz CT molecular complexity index is 4510. The van der Waals surface area contributed by atoms with E-state index in [0.29, 0.717) is 24.3 Å². The van der Waals surface area contributed by atoms with Crippen LogP contribution in [0, 0.1) is 6.92 Å². The average Bonchev–Trinajstić information content (AvgIpc) is 1.85. The third-order valence-electron chi connectivity index (χ3n) is 16.0. The van der Waals surface area contributed by atoms with Crippen molar-refractivity contribution in [3.63, 3.8) is 0 Å². The smallest absolute Gasteiger partial charge is 0.416 e. The van der Waals surface area contributed by atoms with Crippen LogP contribution in [0.4, 0.5) is 18.9 Å². The lowest BCUT2D eigenvalue weighted by atomic mass is 9.86. The number of para-hydroxylation sites is 2. The second kappa shape index (κ2) is 27.2. The first kappa shape index (κ1) is 63.7. The number of hydrogen-bond acceptors (Lipinski definition) is 6. The number of rotatable bonds is 16. The quantitative estimate of drug-likeness (QED) is 0.0650. The molecule has 90 heavy (non-hydrogen) atoms. The van der Waals surface area contributed by atoms with Gasteiger partial charge in [0.05, 0.1) is 50.6 Å². The summed E-state index contributed by atoms with van der Waals surface area (Å²) >= 11 is 0. The summed E-state index contributed by atoms with van der Waals surface area (Å²) in [6.07, 6.45) is 4.01. The van der Waals surface area contributed by atoms with Gasteiger partial charge in [0.1, 0.15) is 23.2 Å². The van der Waals surface area contributed by atoms with E-state index in [1.807, 2.05) is 60.7 Å². The van der Waals surface area contributed by atoms with Crippen LogP contribution in [0.2, 0.25) is 0 Å². The minimum atomic E-state index is -4.34. The number of H-pyrrole nitrogens is 3. The number of alkyl halides is 3. The standard InChI is InChI=1S/C27H30N2.C26H28N2O.C23H20F3N3O2S/c1-19-7-5-9-21(17-19)22-13-16-24-25(18-22)29-26(28-24)10-6-8-20-11-14-23(15-12-20)27(2,3)4;1-26(2,3)20-14-11-18(12-15-20)7-6-10-25-27-22-16-13-19(17-23(22)28-25)21-8-4-5-9-24(21)29;1-32(30,31)29-19-5-3-2-4-18(19)16-9-12-20-21(14-16)28-22(27-20)13-8-15-6-10-17(11-7-15)23(24,25)26/h5,7,9,11-18H,6,8,10H2,1-4H3,(H,28,29);4-5,8-9,11-17,29H,6-7,10H2,1-3H3,(H,27,28);2-7,9-12,14,29H,8,13H2,1H3,(H,27,28). The van der Waals surface area contributed by atoms with Crippen LogP contribution in [0.5, 0.6) is 5.75 Å². The lowest BCUT2D eigenvalue weighted by molar-refractivity contribution is -0.137. The van der Waals surface area contributed by atoms with E-state index in [1.165, 1.54) is 51.1 Å². The summed E-state index contributed by atoms with van der Waals surface area (Å²) in [6, 6.07) is 64.6. The van der Waals surface area contributed by atoms with Gasteiger partial charge < -0.3 is 20.1 Å². The second-order valence-corrected chi connectivity index (χ2v) is 27.1. The van der Waals surface area contributed by atoms with Crippen LogP contribution >= 0.6 is 0 Å². The van der Waals surface area contributed by atoms with Crippen molar-refractivity contribution in [1.29, 1.82) is 0 Å². The van der Waals surface area contributed by atoms with Gasteiger partial charge >= 0.3 is 6.18 Å². The van der Waals surface area contributed by atoms with Crippen LogP contribution in [0.1, 0.15) is 111 Å². The highest BCUT2D eigenvalue weighted by Gasteiger charge is 2.30. The van der Waals surface area contributed by atoms with Gasteiger partial charge in [0.2, 0.25) is 10.0 Å². The van der Waals surface area contributed by atoms with Crippen molar-refractivity contribution in [2.75, 3.05) is 11.0 Å². The number of fused-ring (bicyclic) bond motifs is 3. The van der Waals surface area contributed by atoms with Gasteiger partial charge in [-0.15, -0.1) is 0 Å². The number of halogens is 3. The number of benzene rings is 9. The van der Waals surface area contributed by atoms with Crippen molar-refractivity contribution in [1.82, 2.24) is 29.9 Å². The number of nitrogens with zero attached hydrogens (tertiary/aromatic N) is 3. The molecule has 0 bridgehead atoms. The summed E-state index contributed by atoms with van der Waals surface area (Å²) in [5, 5.41) is 10.1. The van der Waals surface area contributed by atoms with Crippen LogP contribution in [0.25, 0.3) is 66.5 Å². The SMILES string of the molecule is CC(C)(C)c1ccc(CCCc2nc3ccc(-c4ccccc4O)cc3[nH]2)cc1.CS(=O)(=O)Nc1ccccc1-c1ccc2nc(CCc3ccc(C(F)(F)F)cc3)[nH]c2c1.Cc1cccc(-c2ccc3nc(CCCc4ccc(C(C)(C)C)cc4)[nH]c3c2)c1. The lowest BCUT2D eigenvalue weighted by Crippen LogP contribution is -2.10. The molecule has 9 aromatic carbocycles. The van der Waals surface area contributed by atoms with Crippen molar-refractivity contribution in [2.24, 2.45) is 0 Å². The molecule has 0 spiro atoms. The number of aromatic hydroxyl groups is 1. The number of aromatic nitrogens is 6. The molecule has 3 heterocycles. The van der Waals surface area contributed by atoms with Crippen molar-refractivity contribution in [3.8, 4) is 39.1 Å². The first-order valence-electron chi connectivity index (χ1n) is 30.6. The van der Waals surface area contributed by atoms with E-state index in [0.717, 1.165) is 135 Å². The third-order valence-corrected chi connectivity index (χ3v) is 16.6. The molecule has 12 aromatic rings. The van der Waals surface area contributed by atoms with E-state index in [2.05, 4.69) is 170 Å². The van der Waals surface area contributed by atoms with Gasteiger partial charge in [-0.1, -0.05) is 187 Å². The number of imidazole rings is 3. The molecule has 0 unspecified atom stereocenters. The normalized spacial score (nSPS) is 12.0. The monoisotopic (exact) mass is 1230 g/mol. The zero-order valence-electron chi connectivity index (χ0n) is 52.4. The summed E-state index contributed by atoms with van der Waals surface area (Å²) < 4.78 is 64.0. The zero-order valence-corrected chi connectivity index (χ0v) is 53.2. The van der Waals surface area contributed by atoms with E-state index in [-0.39, 0.29) is 10.8 Å². The van der Waals surface area contributed by atoms with Gasteiger partial charge in [0, 0.05) is 30.4 Å². The van der Waals surface area contributed by atoms with Crippen LogP contribution in [0.15, 0.2) is 200 Å². The zero-order chi connectivity index (χ0) is 63.8. The number of nitrogens with one attached hydrogen (secondary N) is 4. The second-order valence-electron chi connectivity index (χ2n) is 25.3. The van der Waals surface area contributed by atoms with Gasteiger partial charge in [0.15, 0.2) is 0 Å². The Kier molecular flexibility index (Phi) is 19.3. The molecule has 10 nitrogen and oxygen atoms in total. The average molecular weight is 1230 g/mol. The minimum absolute atomic E-state index is 0.197. The lowest BCUT2D eigenvalue weighted by Gasteiger charge is -2.19. The van der Waals surface area contributed by atoms with Gasteiger partial charge in [-0.2, -0.15) is 13.2 Å². The highest BCUT2D eigenvalue weighted by Crippen LogP contribution is 2.34. The number of anilines is 1. The van der Waals surface area contributed by atoms with Crippen LogP contribution in [-0.2, 0) is 65.6 Å². The third kappa shape index (κ3) is 16.9. The fourth-order valence-corrected chi connectivity index (χ4v) is 11.6. The van der Waals surface area contributed by atoms with E-state index in [1.54, 1.807) is 18.2 Å². The Morgan fingerprint density at radius 3 is 1.31 bits per heavy atom. The van der Waals surface area contributed by atoms with Crippen LogP contribution < -0.4 is 4.72 Å². The number of sulfonamides is 1. The Morgan fingerprint density at radius 2 is 0.844 bits per heavy atom. The van der Waals surface area contributed by atoms with Crippen LogP contribution in [-0.4, -0.2) is 49.7 Å². The van der Waals surface area contributed by atoms with Crippen molar-refractivity contribution in [3.05, 3.63) is 257 Å². The maximum atomic E-state index is 12.7. The Hall–Kier alpha value is -9.27. The maximum absolute atomic E-state index is 12.7. The Balaban J connectivity index is 0.000000149. The molecule has 5 N–H and O–H groups in total. The number of phenols is 1. The Labute approximate surface area is 526 Å². The number of aryl methyl sites for hydroxylation is 7. The number of hydrogen-bond donors (Lipinski definition) is 5. The number of phenolic OH excluding ortho intramolecular Hbond substituents is 1. The van der Waals surface area contributed by atoms with Gasteiger partial charge in [0.25, 0.3) is 0 Å². The molecule has 0 aliphatic rings. The largest absolute Gasteiger partial charge is 0.507 e. The summed E-state index contributed by atoms with van der Waals surface area (Å²) in [6.45, 7) is 15.6. The highest BCUT2D eigenvalue weighted by molar-refractivity contribution is 7.92. The topological polar surface area (TPSA) is 152 Å². The summed E-state index contributed by atoms with van der Waals surface area (Å²) in [5.74, 6) is 3.11. The summed E-state index contributed by atoms with van der Waals surface area (Å²) in [7, 11) is -3.42. The molecule has 12 rings (SSSR count). The molecule has 462 valence electrons. The highest BCUT2D eigenvalue weighted by atomic mass is 32.2. The molecule has 0 saturated carbocycles. The van der Waals surface area contributed by atoms with Gasteiger partial charge in [-0.25, -0.2) is 23.4 Å². The van der Waals surface area contributed by atoms with Gasteiger partial charge in [-0.3, -0.25) is 4.72 Å². The fraction of sp³-hybridized carbons (Fsp3) is 0.250. The molecular formula is C76H78F3N7O3S. The van der Waals surface area contributed by atoms with Gasteiger partial charge in [-0.05, 0) is 161 Å². The van der Waals surface area contributed by atoms with Crippen LogP contribution in [0.3, 0.4) is 0 Å². The fourth-order valence-electron chi connectivity index (χ4n) is 11.0. The minimum Gasteiger partial charge on any atom is -0.507 e. The molecule has 3 aromatic heterocycles. The molecule has 0 aliphatic carbocycles. The predicted molar refractivity (Wildman–Crippen MR) is 363 cm³/mol. The Morgan fingerprint density at radius 1 is 0.433 bits per heavy atom. The van der Waals surface area contributed by atoms with E-state index >= 15 is 0 Å². The van der Waals surface area contributed by atoms with E-state index in [9.17, 15) is 26.7 Å². The molecule has 0 amide bonds. The first-order chi connectivity index (χ1) is 42.9. The van der Waals surface area contributed by atoms with Crippen molar-refractivity contribution < 1.29 is 26.7 Å². The molecule has 14 heteroatoms. The van der Waals surface area contributed by atoms with E-state index in [4.69, 9.17) is 9.97 Å². The van der Waals surface area contributed by atoms with Crippen molar-refractivity contribution in [2.45, 2.75) is 117 Å². The maximum Gasteiger partial charge on any atom is 0.416 e. The number of aromatic amines is 3. The molecule has 0 fully saturated rings. The molecule has 0 aliphatic heterocycles. The molecular weight excluding hydrogens is 1150 g/mol. The summed E-state index contributed by atoms with van der Waals surface area (Å²) in [4.78, 5) is 24.3. The molecule has 0 radical (unpaired) electrons. The molecule has 0 saturated heterocycles. The van der Waals surface area contributed by atoms with E-state index < -0.39 is 21.8 Å². The molecule has 0 atom stereocenters. The first-order valence-corrected chi connectivity index (χ1v) is 32.5.